The molecule has 144 valence electrons. The van der Waals surface area contributed by atoms with E-state index in [1.54, 1.807) is 0 Å². The number of hydrogen-bond acceptors (Lipinski definition) is 7. The lowest BCUT2D eigenvalue weighted by atomic mass is 10.0. The summed E-state index contributed by atoms with van der Waals surface area (Å²) in [5, 5.41) is 12.7. The van der Waals surface area contributed by atoms with Gasteiger partial charge in [-0.25, -0.2) is 0 Å². The minimum absolute atomic E-state index is 0.116. The van der Waals surface area contributed by atoms with Crippen LogP contribution in [0.15, 0.2) is 42.5 Å². The zero-order valence-electron chi connectivity index (χ0n) is 15.6. The molecule has 2 aliphatic rings. The lowest BCUT2D eigenvalue weighted by Gasteiger charge is -2.34. The molecule has 1 atom stereocenters. The van der Waals surface area contributed by atoms with Crippen LogP contribution in [-0.2, 0) is 4.74 Å². The van der Waals surface area contributed by atoms with Crippen LogP contribution in [0.5, 0.6) is 11.5 Å². The van der Waals surface area contributed by atoms with Crippen LogP contribution < -0.4 is 9.47 Å². The van der Waals surface area contributed by atoms with Gasteiger partial charge >= 0.3 is 0 Å². The monoisotopic (exact) mass is 379 g/mol. The standard InChI is InChI=1S/C20H21N5O3/c1-14-2-5-16(6-3-14)25-20(21-22-23-25)19(24-8-10-26-11-9-24)15-4-7-17-18(12-15)28-13-27-17/h2-7,12,19H,8-11,13H2,1H3. The Morgan fingerprint density at radius 2 is 1.75 bits per heavy atom. The molecule has 0 radical (unpaired) electrons. The van der Waals surface area contributed by atoms with E-state index in [2.05, 4.69) is 45.5 Å². The molecule has 1 aromatic heterocycles. The van der Waals surface area contributed by atoms with E-state index in [1.165, 1.54) is 5.56 Å². The molecule has 0 spiro atoms. The number of fused-ring (bicyclic) bond motifs is 1. The van der Waals surface area contributed by atoms with Gasteiger partial charge in [-0.3, -0.25) is 4.90 Å². The summed E-state index contributed by atoms with van der Waals surface area (Å²) in [7, 11) is 0. The second-order valence-electron chi connectivity index (χ2n) is 6.95. The number of tetrazole rings is 1. The third-order valence-electron chi connectivity index (χ3n) is 5.14. The lowest BCUT2D eigenvalue weighted by Crippen LogP contribution is -2.40. The van der Waals surface area contributed by atoms with E-state index in [9.17, 15) is 0 Å². The molecule has 3 aromatic rings. The zero-order chi connectivity index (χ0) is 18.9. The minimum atomic E-state index is -0.116. The first-order chi connectivity index (χ1) is 13.8. The zero-order valence-corrected chi connectivity index (χ0v) is 15.6. The number of morpholine rings is 1. The van der Waals surface area contributed by atoms with Gasteiger partial charge in [0.05, 0.1) is 24.9 Å². The van der Waals surface area contributed by atoms with Gasteiger partial charge in [0.1, 0.15) is 0 Å². The number of rotatable bonds is 4. The van der Waals surface area contributed by atoms with Crippen molar-refractivity contribution in [2.45, 2.75) is 13.0 Å². The Balaban J connectivity index is 1.59. The van der Waals surface area contributed by atoms with Gasteiger partial charge < -0.3 is 14.2 Å². The van der Waals surface area contributed by atoms with E-state index < -0.39 is 0 Å². The normalized spacial score (nSPS) is 17.6. The SMILES string of the molecule is Cc1ccc(-n2nnnc2C(c2ccc3c(c2)OCO3)N2CCOCC2)cc1. The summed E-state index contributed by atoms with van der Waals surface area (Å²) in [6.07, 6.45) is 0. The first-order valence-corrected chi connectivity index (χ1v) is 9.36. The van der Waals surface area contributed by atoms with Crippen LogP contribution in [0, 0.1) is 6.92 Å². The van der Waals surface area contributed by atoms with Crippen LogP contribution in [0.25, 0.3) is 5.69 Å². The Morgan fingerprint density at radius 1 is 0.964 bits per heavy atom. The quantitative estimate of drug-likeness (QED) is 0.687. The van der Waals surface area contributed by atoms with Crippen LogP contribution in [0.1, 0.15) is 23.0 Å². The average molecular weight is 379 g/mol. The molecule has 1 unspecified atom stereocenters. The fraction of sp³-hybridized carbons (Fsp3) is 0.350. The third-order valence-corrected chi connectivity index (χ3v) is 5.14. The molecule has 8 heteroatoms. The van der Waals surface area contributed by atoms with Crippen molar-refractivity contribution in [3.05, 3.63) is 59.4 Å². The Labute approximate surface area is 162 Å². The van der Waals surface area contributed by atoms with Crippen LogP contribution in [-0.4, -0.2) is 58.2 Å². The molecule has 1 saturated heterocycles. The number of hydrogen-bond donors (Lipinski definition) is 0. The molecule has 5 rings (SSSR count). The third kappa shape index (κ3) is 3.10. The van der Waals surface area contributed by atoms with Crippen molar-refractivity contribution < 1.29 is 14.2 Å². The fourth-order valence-electron chi connectivity index (χ4n) is 3.68. The van der Waals surface area contributed by atoms with Crippen molar-refractivity contribution >= 4 is 0 Å². The smallest absolute Gasteiger partial charge is 0.231 e. The highest BCUT2D eigenvalue weighted by Gasteiger charge is 2.31. The molecular formula is C20H21N5O3. The van der Waals surface area contributed by atoms with Crippen molar-refractivity contribution in [3.8, 4) is 17.2 Å². The molecule has 1 fully saturated rings. The summed E-state index contributed by atoms with van der Waals surface area (Å²) in [6.45, 7) is 5.30. The van der Waals surface area contributed by atoms with Crippen molar-refractivity contribution in [1.82, 2.24) is 25.1 Å². The molecular weight excluding hydrogens is 358 g/mol. The van der Waals surface area contributed by atoms with Crippen LogP contribution in [0.4, 0.5) is 0 Å². The van der Waals surface area contributed by atoms with Crippen molar-refractivity contribution in [1.29, 1.82) is 0 Å². The number of aryl methyl sites for hydroxylation is 1. The number of nitrogens with zero attached hydrogens (tertiary/aromatic N) is 5. The predicted octanol–water partition coefficient (Wildman–Crippen LogP) is 2.12. The molecule has 28 heavy (non-hydrogen) atoms. The Bertz CT molecular complexity index is 966. The van der Waals surface area contributed by atoms with Gasteiger partial charge in [-0.1, -0.05) is 23.8 Å². The van der Waals surface area contributed by atoms with Gasteiger partial charge in [-0.2, -0.15) is 4.68 Å². The fourth-order valence-corrected chi connectivity index (χ4v) is 3.68. The molecule has 2 aromatic carbocycles. The minimum Gasteiger partial charge on any atom is -0.454 e. The van der Waals surface area contributed by atoms with Crippen molar-refractivity contribution in [2.24, 2.45) is 0 Å². The summed E-state index contributed by atoms with van der Waals surface area (Å²) in [5.74, 6) is 2.29. The summed E-state index contributed by atoms with van der Waals surface area (Å²) in [6, 6.07) is 14.1. The van der Waals surface area contributed by atoms with E-state index in [1.807, 2.05) is 28.9 Å². The molecule has 0 aliphatic carbocycles. The molecule has 8 nitrogen and oxygen atoms in total. The number of ether oxygens (including phenoxy) is 3. The number of aromatic nitrogens is 4. The van der Waals surface area contributed by atoms with Crippen molar-refractivity contribution in [3.63, 3.8) is 0 Å². The lowest BCUT2D eigenvalue weighted by molar-refractivity contribution is 0.0220. The predicted molar refractivity (Wildman–Crippen MR) is 101 cm³/mol. The molecule has 3 heterocycles. The van der Waals surface area contributed by atoms with Gasteiger partial charge in [0.2, 0.25) is 6.79 Å². The van der Waals surface area contributed by atoms with Crippen molar-refractivity contribution in [2.75, 3.05) is 33.1 Å². The second kappa shape index (κ2) is 7.21. The Hall–Kier alpha value is -2.97. The van der Waals surface area contributed by atoms with E-state index in [4.69, 9.17) is 14.2 Å². The topological polar surface area (TPSA) is 74.5 Å². The van der Waals surface area contributed by atoms with E-state index >= 15 is 0 Å². The van der Waals surface area contributed by atoms with Crippen LogP contribution >= 0.6 is 0 Å². The largest absolute Gasteiger partial charge is 0.454 e. The summed E-state index contributed by atoms with van der Waals surface area (Å²) in [4.78, 5) is 2.34. The van der Waals surface area contributed by atoms with E-state index in [0.717, 1.165) is 41.7 Å². The molecule has 2 aliphatic heterocycles. The molecule has 0 bridgehead atoms. The average Bonchev–Trinajstić information content (AvgIpc) is 3.39. The summed E-state index contributed by atoms with van der Waals surface area (Å²) < 4.78 is 18.4. The van der Waals surface area contributed by atoms with E-state index in [-0.39, 0.29) is 12.8 Å². The first kappa shape index (κ1) is 17.2. The highest BCUT2D eigenvalue weighted by molar-refractivity contribution is 5.46. The summed E-state index contributed by atoms with van der Waals surface area (Å²) in [5.41, 5.74) is 3.19. The Kier molecular flexibility index (Phi) is 4.42. The maximum atomic E-state index is 5.60. The number of benzene rings is 2. The van der Waals surface area contributed by atoms with Gasteiger partial charge in [-0.05, 0) is 47.2 Å². The van der Waals surface area contributed by atoms with Gasteiger partial charge in [-0.15, -0.1) is 5.10 Å². The van der Waals surface area contributed by atoms with Crippen LogP contribution in [0.3, 0.4) is 0 Å². The maximum absolute atomic E-state index is 5.60. The molecule has 0 N–H and O–H groups in total. The second-order valence-corrected chi connectivity index (χ2v) is 6.95. The molecule has 0 saturated carbocycles. The highest BCUT2D eigenvalue weighted by atomic mass is 16.7. The summed E-state index contributed by atoms with van der Waals surface area (Å²) >= 11 is 0. The van der Waals surface area contributed by atoms with Crippen LogP contribution in [0.2, 0.25) is 0 Å². The van der Waals surface area contributed by atoms with Gasteiger partial charge in [0.25, 0.3) is 0 Å². The highest BCUT2D eigenvalue weighted by Crippen LogP contribution is 2.37. The van der Waals surface area contributed by atoms with Gasteiger partial charge in [0, 0.05) is 13.1 Å². The van der Waals surface area contributed by atoms with E-state index in [0.29, 0.717) is 13.2 Å². The maximum Gasteiger partial charge on any atom is 0.231 e. The molecule has 0 amide bonds. The van der Waals surface area contributed by atoms with Gasteiger partial charge in [0.15, 0.2) is 17.3 Å². The first-order valence-electron chi connectivity index (χ1n) is 9.36. The Morgan fingerprint density at radius 3 is 2.57 bits per heavy atom.